The van der Waals surface area contributed by atoms with Gasteiger partial charge < -0.3 is 14.6 Å². The molecule has 0 aliphatic carbocycles. The van der Waals surface area contributed by atoms with Crippen molar-refractivity contribution in [3.63, 3.8) is 0 Å². The molecule has 0 radical (unpaired) electrons. The molecule has 146 valence electrons. The summed E-state index contributed by atoms with van der Waals surface area (Å²) in [4.78, 5) is 17.1. The Morgan fingerprint density at radius 1 is 1.22 bits per heavy atom. The number of hydrogen-bond acceptors (Lipinski definition) is 5. The molecule has 2 fully saturated rings. The van der Waals surface area contributed by atoms with Crippen molar-refractivity contribution in [3.05, 3.63) is 30.5 Å². The van der Waals surface area contributed by atoms with Crippen molar-refractivity contribution in [1.29, 1.82) is 0 Å². The zero-order valence-corrected chi connectivity index (χ0v) is 17.1. The Balaban J connectivity index is 1.49. The number of nitrogens with zero attached hydrogens (tertiary/aromatic N) is 2. The standard InChI is InChI=1S/C21H29N3O2S/c1-3-5-10-21(22-20(25)19(4-2)27-21)24-13-11-23(12-14-24)17-15-26-18-9-7-6-8-16(17)18/h6-9,15,19H,3-5,10-14H2,1-2H3,(H,22,25). The molecule has 2 aliphatic heterocycles. The summed E-state index contributed by atoms with van der Waals surface area (Å²) in [7, 11) is 0. The van der Waals surface area contributed by atoms with Gasteiger partial charge in [0.05, 0.1) is 10.9 Å². The number of unbranched alkanes of at least 4 members (excludes halogenated alkanes) is 1. The van der Waals surface area contributed by atoms with E-state index < -0.39 is 0 Å². The average Bonchev–Trinajstić information content (AvgIpc) is 3.28. The van der Waals surface area contributed by atoms with Crippen LogP contribution >= 0.6 is 11.8 Å². The van der Waals surface area contributed by atoms with Gasteiger partial charge in [0.25, 0.3) is 0 Å². The first-order valence-electron chi connectivity index (χ1n) is 10.1. The van der Waals surface area contributed by atoms with Gasteiger partial charge in [-0.25, -0.2) is 0 Å². The van der Waals surface area contributed by atoms with Gasteiger partial charge >= 0.3 is 0 Å². The molecule has 4 rings (SSSR count). The monoisotopic (exact) mass is 387 g/mol. The molecule has 1 aromatic carbocycles. The van der Waals surface area contributed by atoms with E-state index in [-0.39, 0.29) is 16.2 Å². The molecule has 1 aromatic heterocycles. The number of thioether (sulfide) groups is 1. The van der Waals surface area contributed by atoms with E-state index in [1.54, 1.807) is 0 Å². The Hall–Kier alpha value is -1.66. The molecule has 2 aromatic rings. The van der Waals surface area contributed by atoms with Gasteiger partial charge in [-0.2, -0.15) is 0 Å². The highest BCUT2D eigenvalue weighted by atomic mass is 32.2. The number of anilines is 1. The molecule has 1 N–H and O–H groups in total. The molecule has 1 amide bonds. The minimum atomic E-state index is -0.224. The molecular formula is C21H29N3O2S. The van der Waals surface area contributed by atoms with Crippen LogP contribution in [0.25, 0.3) is 11.0 Å². The highest BCUT2D eigenvalue weighted by Crippen LogP contribution is 2.42. The van der Waals surface area contributed by atoms with Crippen molar-refractivity contribution in [1.82, 2.24) is 10.2 Å². The van der Waals surface area contributed by atoms with Crippen LogP contribution in [0.5, 0.6) is 0 Å². The SMILES string of the molecule is CCCCC1(N2CCN(c3coc4ccccc34)CC2)NC(=O)C(CC)S1. The number of para-hydroxylation sites is 1. The number of fused-ring (bicyclic) bond motifs is 1. The van der Waals surface area contributed by atoms with Gasteiger partial charge in [0.1, 0.15) is 16.8 Å². The van der Waals surface area contributed by atoms with Crippen LogP contribution in [-0.4, -0.2) is 47.2 Å². The van der Waals surface area contributed by atoms with Crippen molar-refractivity contribution < 1.29 is 9.21 Å². The molecular weight excluding hydrogens is 358 g/mol. The van der Waals surface area contributed by atoms with Gasteiger partial charge in [0, 0.05) is 31.6 Å². The summed E-state index contributed by atoms with van der Waals surface area (Å²) < 4.78 is 5.73. The third kappa shape index (κ3) is 3.45. The predicted octanol–water partition coefficient (Wildman–Crippen LogP) is 4.04. The fourth-order valence-corrected chi connectivity index (χ4v) is 5.78. The van der Waals surface area contributed by atoms with Crippen LogP contribution in [0.3, 0.4) is 0 Å². The Labute approximate surface area is 165 Å². The molecule has 27 heavy (non-hydrogen) atoms. The molecule has 3 heterocycles. The second kappa shape index (κ2) is 7.76. The Kier molecular flexibility index (Phi) is 5.37. The lowest BCUT2D eigenvalue weighted by Gasteiger charge is -2.45. The topological polar surface area (TPSA) is 48.7 Å². The summed E-state index contributed by atoms with van der Waals surface area (Å²) in [6.07, 6.45) is 6.08. The van der Waals surface area contributed by atoms with E-state index in [0.29, 0.717) is 0 Å². The fraction of sp³-hybridized carbons (Fsp3) is 0.571. The van der Waals surface area contributed by atoms with Gasteiger partial charge in [-0.15, -0.1) is 11.8 Å². The number of rotatable bonds is 6. The van der Waals surface area contributed by atoms with Crippen LogP contribution in [0, 0.1) is 0 Å². The van der Waals surface area contributed by atoms with Crippen LogP contribution in [0.15, 0.2) is 34.9 Å². The quantitative estimate of drug-likeness (QED) is 0.811. The lowest BCUT2D eigenvalue weighted by atomic mass is 10.1. The van der Waals surface area contributed by atoms with Crippen molar-refractivity contribution in [2.24, 2.45) is 0 Å². The second-order valence-corrected chi connectivity index (χ2v) is 8.96. The lowest BCUT2D eigenvalue weighted by Crippen LogP contribution is -2.60. The first-order valence-corrected chi connectivity index (χ1v) is 11.0. The summed E-state index contributed by atoms with van der Waals surface area (Å²) >= 11 is 1.84. The average molecular weight is 388 g/mol. The van der Waals surface area contributed by atoms with Gasteiger partial charge in [-0.3, -0.25) is 9.69 Å². The summed E-state index contributed by atoms with van der Waals surface area (Å²) in [5.41, 5.74) is 2.13. The number of piperazine rings is 1. The molecule has 0 bridgehead atoms. The van der Waals surface area contributed by atoms with E-state index >= 15 is 0 Å². The maximum absolute atomic E-state index is 12.4. The van der Waals surface area contributed by atoms with Crippen molar-refractivity contribution in [3.8, 4) is 0 Å². The molecule has 0 saturated carbocycles. The molecule has 0 spiro atoms. The Bertz CT molecular complexity index is 800. The van der Waals surface area contributed by atoms with Gasteiger partial charge in [-0.1, -0.05) is 32.4 Å². The molecule has 6 heteroatoms. The number of carbonyl (C=O) groups excluding carboxylic acids is 1. The second-order valence-electron chi connectivity index (χ2n) is 7.48. The van der Waals surface area contributed by atoms with Crippen LogP contribution in [0.4, 0.5) is 5.69 Å². The van der Waals surface area contributed by atoms with E-state index in [1.165, 1.54) is 11.1 Å². The highest BCUT2D eigenvalue weighted by molar-refractivity contribution is 8.02. The first kappa shape index (κ1) is 18.7. The minimum Gasteiger partial charge on any atom is -0.462 e. The van der Waals surface area contributed by atoms with Crippen molar-refractivity contribution in [2.75, 3.05) is 31.1 Å². The van der Waals surface area contributed by atoms with Gasteiger partial charge in [0.15, 0.2) is 0 Å². The molecule has 2 unspecified atom stereocenters. The third-order valence-corrected chi connectivity index (χ3v) is 7.57. The number of amides is 1. The van der Waals surface area contributed by atoms with Crippen LogP contribution in [0.1, 0.15) is 39.5 Å². The summed E-state index contributed by atoms with van der Waals surface area (Å²) in [5, 5.41) is 4.63. The summed E-state index contributed by atoms with van der Waals surface area (Å²) in [6, 6.07) is 8.22. The Morgan fingerprint density at radius 2 is 2.00 bits per heavy atom. The third-order valence-electron chi connectivity index (χ3n) is 5.78. The largest absolute Gasteiger partial charge is 0.462 e. The number of hydrogen-bond donors (Lipinski definition) is 1. The maximum Gasteiger partial charge on any atom is 0.235 e. The van der Waals surface area contributed by atoms with Gasteiger partial charge in [0.2, 0.25) is 5.91 Å². The fourth-order valence-electron chi connectivity index (χ4n) is 4.23. The normalized spacial score (nSPS) is 26.7. The van der Waals surface area contributed by atoms with Gasteiger partial charge in [-0.05, 0) is 31.4 Å². The van der Waals surface area contributed by atoms with E-state index in [2.05, 4.69) is 41.1 Å². The lowest BCUT2D eigenvalue weighted by molar-refractivity contribution is -0.122. The van der Waals surface area contributed by atoms with Crippen LogP contribution in [0.2, 0.25) is 0 Å². The molecule has 5 nitrogen and oxygen atoms in total. The minimum absolute atomic E-state index is 0.0812. The van der Waals surface area contributed by atoms with E-state index in [0.717, 1.165) is 57.4 Å². The predicted molar refractivity (Wildman–Crippen MR) is 112 cm³/mol. The highest BCUT2D eigenvalue weighted by Gasteiger charge is 2.48. The molecule has 2 saturated heterocycles. The first-order chi connectivity index (χ1) is 13.2. The Morgan fingerprint density at radius 3 is 2.70 bits per heavy atom. The smallest absolute Gasteiger partial charge is 0.235 e. The number of nitrogens with one attached hydrogen (secondary N) is 1. The molecule has 2 atom stereocenters. The zero-order chi connectivity index (χ0) is 18.9. The van der Waals surface area contributed by atoms with E-state index in [4.69, 9.17) is 4.42 Å². The maximum atomic E-state index is 12.4. The number of furan rings is 1. The van der Waals surface area contributed by atoms with E-state index in [9.17, 15) is 4.79 Å². The number of carbonyl (C=O) groups is 1. The van der Waals surface area contributed by atoms with Crippen molar-refractivity contribution in [2.45, 2.75) is 49.8 Å². The van der Waals surface area contributed by atoms with Crippen LogP contribution < -0.4 is 10.2 Å². The zero-order valence-electron chi connectivity index (χ0n) is 16.2. The van der Waals surface area contributed by atoms with Crippen LogP contribution in [-0.2, 0) is 4.79 Å². The van der Waals surface area contributed by atoms with Crippen molar-refractivity contribution >= 4 is 34.3 Å². The molecule has 2 aliphatic rings. The number of benzene rings is 1. The summed E-state index contributed by atoms with van der Waals surface area (Å²) in [5.74, 6) is 0.210. The summed E-state index contributed by atoms with van der Waals surface area (Å²) in [6.45, 7) is 8.12. The van der Waals surface area contributed by atoms with E-state index in [1.807, 2.05) is 30.2 Å².